The van der Waals surface area contributed by atoms with Gasteiger partial charge in [0.05, 0.1) is 16.6 Å². The number of hydrogen-bond acceptors (Lipinski definition) is 4. The first kappa shape index (κ1) is 12.8. The first-order valence-electron chi connectivity index (χ1n) is 7.24. The molecule has 1 N–H and O–H groups in total. The molecule has 3 aliphatic rings. The van der Waals surface area contributed by atoms with Gasteiger partial charge >= 0.3 is 0 Å². The molecule has 4 nitrogen and oxygen atoms in total. The maximum absolute atomic E-state index is 11.8. The molecule has 2 bridgehead atoms. The number of nitrogens with zero attached hydrogens (tertiary/aromatic N) is 1. The van der Waals surface area contributed by atoms with Crippen LogP contribution < -0.4 is 0 Å². The number of rotatable bonds is 3. The summed E-state index contributed by atoms with van der Waals surface area (Å²) in [4.78, 5) is 2.27. The summed E-state index contributed by atoms with van der Waals surface area (Å²) >= 11 is 0. The second-order valence-electron chi connectivity index (χ2n) is 6.46. The highest BCUT2D eigenvalue weighted by atomic mass is 32.2. The SMILES string of the molecule is O=S1(=O)CC2CC1CN2Cc1ccccc1C1(O)CC1. The van der Waals surface area contributed by atoms with E-state index in [-0.39, 0.29) is 11.3 Å². The minimum atomic E-state index is -2.83. The van der Waals surface area contributed by atoms with Crippen molar-refractivity contribution >= 4 is 9.84 Å². The quantitative estimate of drug-likeness (QED) is 0.904. The smallest absolute Gasteiger partial charge is 0.156 e. The van der Waals surface area contributed by atoms with Crippen LogP contribution >= 0.6 is 0 Å². The number of aliphatic hydroxyl groups is 1. The van der Waals surface area contributed by atoms with Gasteiger partial charge in [-0.15, -0.1) is 0 Å². The Morgan fingerprint density at radius 2 is 2.05 bits per heavy atom. The first-order chi connectivity index (χ1) is 9.48. The van der Waals surface area contributed by atoms with Gasteiger partial charge in [0.25, 0.3) is 0 Å². The fourth-order valence-corrected chi connectivity index (χ4v) is 5.78. The van der Waals surface area contributed by atoms with Crippen LogP contribution in [-0.4, -0.2) is 42.0 Å². The molecule has 108 valence electrons. The van der Waals surface area contributed by atoms with Crippen molar-refractivity contribution in [3.63, 3.8) is 0 Å². The predicted molar refractivity (Wildman–Crippen MR) is 76.0 cm³/mol. The van der Waals surface area contributed by atoms with Crippen molar-refractivity contribution in [3.05, 3.63) is 35.4 Å². The van der Waals surface area contributed by atoms with Crippen LogP contribution in [0.1, 0.15) is 30.4 Å². The second kappa shape index (κ2) is 4.06. The van der Waals surface area contributed by atoms with Gasteiger partial charge in [-0.1, -0.05) is 24.3 Å². The van der Waals surface area contributed by atoms with Crippen LogP contribution in [0.15, 0.2) is 24.3 Å². The third-order valence-electron chi connectivity index (χ3n) is 5.04. The van der Waals surface area contributed by atoms with Gasteiger partial charge in [-0.25, -0.2) is 8.42 Å². The fraction of sp³-hybridized carbons (Fsp3) is 0.600. The number of benzene rings is 1. The molecular weight excluding hydrogens is 274 g/mol. The van der Waals surface area contributed by atoms with Crippen LogP contribution in [0.2, 0.25) is 0 Å². The fourth-order valence-electron chi connectivity index (χ4n) is 3.69. The van der Waals surface area contributed by atoms with E-state index < -0.39 is 15.4 Å². The molecule has 5 heteroatoms. The molecule has 20 heavy (non-hydrogen) atoms. The van der Waals surface area contributed by atoms with Crippen LogP contribution in [0, 0.1) is 0 Å². The molecule has 0 aromatic heterocycles. The van der Waals surface area contributed by atoms with E-state index in [9.17, 15) is 13.5 Å². The summed E-state index contributed by atoms with van der Waals surface area (Å²) in [7, 11) is -2.83. The highest BCUT2D eigenvalue weighted by molar-refractivity contribution is 7.92. The zero-order valence-electron chi connectivity index (χ0n) is 11.3. The molecule has 2 aliphatic heterocycles. The van der Waals surface area contributed by atoms with Crippen molar-refractivity contribution in [3.8, 4) is 0 Å². The van der Waals surface area contributed by atoms with Crippen molar-refractivity contribution in [1.82, 2.24) is 4.90 Å². The zero-order chi connectivity index (χ0) is 14.0. The Balaban J connectivity index is 1.57. The van der Waals surface area contributed by atoms with Crippen molar-refractivity contribution < 1.29 is 13.5 Å². The zero-order valence-corrected chi connectivity index (χ0v) is 12.1. The molecular formula is C15H19NO3S. The number of sulfone groups is 1. The Morgan fingerprint density at radius 1 is 1.30 bits per heavy atom. The lowest BCUT2D eigenvalue weighted by Gasteiger charge is -2.28. The maximum atomic E-state index is 11.8. The molecule has 1 saturated carbocycles. The van der Waals surface area contributed by atoms with Crippen molar-refractivity contribution in [1.29, 1.82) is 0 Å². The number of hydrogen-bond donors (Lipinski definition) is 1. The summed E-state index contributed by atoms with van der Waals surface area (Å²) in [6, 6.07) is 8.21. The second-order valence-corrected chi connectivity index (χ2v) is 8.78. The van der Waals surface area contributed by atoms with E-state index in [1.807, 2.05) is 18.2 Å². The summed E-state index contributed by atoms with van der Waals surface area (Å²) in [6.45, 7) is 1.41. The third kappa shape index (κ3) is 1.91. The largest absolute Gasteiger partial charge is 0.385 e. The van der Waals surface area contributed by atoms with Gasteiger partial charge in [0.15, 0.2) is 9.84 Å². The van der Waals surface area contributed by atoms with Crippen molar-refractivity contribution in [2.24, 2.45) is 0 Å². The summed E-state index contributed by atoms with van der Waals surface area (Å²) in [5.74, 6) is 0.310. The number of fused-ring (bicyclic) bond motifs is 2. The standard InChI is InChI=1S/C15H19NO3S/c17-15(5-6-15)14-4-2-1-3-11(14)8-16-9-13-7-12(16)10-20(13,18)19/h1-4,12-13,17H,5-10H2. The molecule has 2 atom stereocenters. The average molecular weight is 293 g/mol. The summed E-state index contributed by atoms with van der Waals surface area (Å²) in [5, 5.41) is 10.2. The monoisotopic (exact) mass is 293 g/mol. The van der Waals surface area contributed by atoms with E-state index in [0.29, 0.717) is 12.3 Å². The molecule has 1 aromatic carbocycles. The van der Waals surface area contributed by atoms with E-state index >= 15 is 0 Å². The highest BCUT2D eigenvalue weighted by Crippen LogP contribution is 2.47. The lowest BCUT2D eigenvalue weighted by atomic mass is 10.00. The van der Waals surface area contributed by atoms with Gasteiger partial charge in [0.2, 0.25) is 0 Å². The molecule has 1 aromatic rings. The van der Waals surface area contributed by atoms with E-state index in [1.54, 1.807) is 0 Å². The Kier molecular flexibility index (Phi) is 2.60. The normalized spacial score (nSPS) is 33.5. The molecule has 2 saturated heterocycles. The molecule has 0 spiro atoms. The minimum Gasteiger partial charge on any atom is -0.385 e. The summed E-state index contributed by atoms with van der Waals surface area (Å²) in [5.41, 5.74) is 1.56. The van der Waals surface area contributed by atoms with Crippen molar-refractivity contribution in [2.75, 3.05) is 12.3 Å². The lowest BCUT2D eigenvalue weighted by Crippen LogP contribution is -2.40. The minimum absolute atomic E-state index is 0.163. The Bertz CT molecular complexity index is 651. The molecule has 2 heterocycles. The van der Waals surface area contributed by atoms with Crippen LogP contribution in [0.3, 0.4) is 0 Å². The lowest BCUT2D eigenvalue weighted by molar-refractivity contribution is 0.148. The first-order valence-corrected chi connectivity index (χ1v) is 8.96. The van der Waals surface area contributed by atoms with Gasteiger partial charge in [0.1, 0.15) is 0 Å². The molecule has 0 amide bonds. The Morgan fingerprint density at radius 3 is 2.65 bits per heavy atom. The van der Waals surface area contributed by atoms with Gasteiger partial charge < -0.3 is 5.11 Å². The predicted octanol–water partition coefficient (Wildman–Crippen LogP) is 1.04. The van der Waals surface area contributed by atoms with E-state index in [0.717, 1.165) is 36.9 Å². The van der Waals surface area contributed by atoms with Crippen LogP contribution in [-0.2, 0) is 22.0 Å². The highest BCUT2D eigenvalue weighted by Gasteiger charge is 2.49. The van der Waals surface area contributed by atoms with Crippen LogP contribution in [0.4, 0.5) is 0 Å². The summed E-state index contributed by atoms with van der Waals surface area (Å²) in [6.07, 6.45) is 2.46. The average Bonchev–Trinajstić information content (AvgIpc) is 2.91. The maximum Gasteiger partial charge on any atom is 0.156 e. The third-order valence-corrected chi connectivity index (χ3v) is 7.24. The van der Waals surface area contributed by atoms with E-state index in [4.69, 9.17) is 0 Å². The van der Waals surface area contributed by atoms with E-state index in [1.165, 1.54) is 0 Å². The topological polar surface area (TPSA) is 57.6 Å². The molecule has 0 radical (unpaired) electrons. The van der Waals surface area contributed by atoms with Crippen molar-refractivity contribution in [2.45, 2.75) is 42.7 Å². The molecule has 3 fully saturated rings. The number of likely N-dealkylation sites (tertiary alicyclic amines) is 1. The van der Waals surface area contributed by atoms with Gasteiger partial charge in [0, 0.05) is 19.1 Å². The van der Waals surface area contributed by atoms with Gasteiger partial charge in [-0.2, -0.15) is 0 Å². The molecule has 4 rings (SSSR count). The summed E-state index contributed by atoms with van der Waals surface area (Å²) < 4.78 is 23.6. The van der Waals surface area contributed by atoms with Crippen LogP contribution in [0.25, 0.3) is 0 Å². The Labute approximate surface area is 119 Å². The van der Waals surface area contributed by atoms with Gasteiger partial charge in [-0.3, -0.25) is 4.90 Å². The van der Waals surface area contributed by atoms with Crippen LogP contribution in [0.5, 0.6) is 0 Å². The van der Waals surface area contributed by atoms with Gasteiger partial charge in [-0.05, 0) is 30.4 Å². The van der Waals surface area contributed by atoms with E-state index in [2.05, 4.69) is 11.0 Å². The molecule has 1 aliphatic carbocycles. The Hall–Kier alpha value is -0.910. The molecule has 2 unspecified atom stereocenters.